The van der Waals surface area contributed by atoms with Crippen molar-refractivity contribution in [2.45, 2.75) is 6.54 Å². The van der Waals surface area contributed by atoms with Crippen LogP contribution in [0.2, 0.25) is 0 Å². The van der Waals surface area contributed by atoms with Gasteiger partial charge in [0.2, 0.25) is 0 Å². The van der Waals surface area contributed by atoms with Crippen molar-refractivity contribution < 1.29 is 14.0 Å². The number of carbonyl (C=O) groups is 2. The third-order valence-corrected chi connectivity index (χ3v) is 6.29. The summed E-state index contributed by atoms with van der Waals surface area (Å²) in [6.45, 7) is 3.17. The Hall–Kier alpha value is -3.76. The molecule has 10 heteroatoms. The highest BCUT2D eigenvalue weighted by molar-refractivity contribution is 7.15. The molecule has 0 aliphatic carbocycles. The molecule has 1 aliphatic heterocycles. The fourth-order valence-corrected chi connectivity index (χ4v) is 4.52. The molecule has 1 aliphatic rings. The maximum atomic E-state index is 12.9. The Kier molecular flexibility index (Phi) is 5.76. The molecule has 0 saturated carbocycles. The van der Waals surface area contributed by atoms with E-state index in [-0.39, 0.29) is 23.1 Å². The first kappa shape index (κ1) is 21.1. The van der Waals surface area contributed by atoms with Gasteiger partial charge in [-0.3, -0.25) is 23.7 Å². The van der Waals surface area contributed by atoms with E-state index in [1.807, 2.05) is 10.3 Å². The summed E-state index contributed by atoms with van der Waals surface area (Å²) in [5.41, 5.74) is 1.82. The quantitative estimate of drug-likeness (QED) is 0.488. The number of thiazole rings is 1. The monoisotopic (exact) mass is 463 g/mol. The Balaban J connectivity index is 1.16. The number of nitrogens with one attached hydrogen (secondary N) is 1. The fraction of sp³-hybridized carbons (Fsp3) is 0.217. The van der Waals surface area contributed by atoms with Crippen molar-refractivity contribution in [2.75, 3.05) is 31.5 Å². The molecule has 1 aromatic carbocycles. The Labute approximate surface area is 192 Å². The minimum atomic E-state index is -0.342. The standard InChI is InChI=1S/C23H21N5O4S/c29-20-14-18(25-23-28(20)11-13-33-23)15-26-7-9-27(10-8-26)22(31)16-3-5-17(6-4-16)24-21(30)19-2-1-12-32-19/h1-6,11-14H,7-10,15H2,(H,24,30). The number of aromatic nitrogens is 2. The zero-order valence-corrected chi connectivity index (χ0v) is 18.5. The molecule has 0 spiro atoms. The summed E-state index contributed by atoms with van der Waals surface area (Å²) in [4.78, 5) is 46.4. The van der Waals surface area contributed by atoms with E-state index >= 15 is 0 Å². The topological polar surface area (TPSA) is 100 Å². The molecule has 1 fully saturated rings. The second kappa shape index (κ2) is 9.00. The average Bonchev–Trinajstić information content (AvgIpc) is 3.52. The van der Waals surface area contributed by atoms with E-state index in [0.717, 1.165) is 5.69 Å². The maximum absolute atomic E-state index is 12.9. The molecule has 0 bridgehead atoms. The number of hydrogen-bond donors (Lipinski definition) is 1. The number of anilines is 1. The van der Waals surface area contributed by atoms with Gasteiger partial charge in [0, 0.05) is 61.6 Å². The van der Waals surface area contributed by atoms with Crippen LogP contribution in [0.25, 0.3) is 4.96 Å². The minimum Gasteiger partial charge on any atom is -0.459 e. The molecule has 168 valence electrons. The average molecular weight is 464 g/mol. The number of fused-ring (bicyclic) bond motifs is 1. The molecule has 3 aromatic heterocycles. The van der Waals surface area contributed by atoms with Crippen LogP contribution in [0.15, 0.2) is 69.5 Å². The molecular formula is C23H21N5O4S. The molecule has 0 radical (unpaired) electrons. The Morgan fingerprint density at radius 1 is 1.09 bits per heavy atom. The molecule has 0 unspecified atom stereocenters. The number of nitrogens with zero attached hydrogens (tertiary/aromatic N) is 4. The highest BCUT2D eigenvalue weighted by Gasteiger charge is 2.23. The highest BCUT2D eigenvalue weighted by Crippen LogP contribution is 2.15. The maximum Gasteiger partial charge on any atom is 0.291 e. The molecule has 0 atom stereocenters. The van der Waals surface area contributed by atoms with Crippen LogP contribution in [0.5, 0.6) is 0 Å². The van der Waals surface area contributed by atoms with Crippen molar-refractivity contribution in [1.29, 1.82) is 0 Å². The van der Waals surface area contributed by atoms with Gasteiger partial charge in [-0.25, -0.2) is 4.98 Å². The van der Waals surface area contributed by atoms with Crippen LogP contribution in [0.1, 0.15) is 26.6 Å². The summed E-state index contributed by atoms with van der Waals surface area (Å²) in [7, 11) is 0. The highest BCUT2D eigenvalue weighted by atomic mass is 32.1. The van der Waals surface area contributed by atoms with E-state index in [4.69, 9.17) is 4.42 Å². The number of furan rings is 1. The molecule has 9 nitrogen and oxygen atoms in total. The first-order chi connectivity index (χ1) is 16.1. The van der Waals surface area contributed by atoms with Crippen LogP contribution >= 0.6 is 11.3 Å². The van der Waals surface area contributed by atoms with Gasteiger partial charge < -0.3 is 14.6 Å². The van der Waals surface area contributed by atoms with Crippen molar-refractivity contribution in [3.63, 3.8) is 0 Å². The van der Waals surface area contributed by atoms with Crippen LogP contribution in [0.4, 0.5) is 5.69 Å². The first-order valence-corrected chi connectivity index (χ1v) is 11.4. The van der Waals surface area contributed by atoms with Gasteiger partial charge in [0.05, 0.1) is 12.0 Å². The van der Waals surface area contributed by atoms with Gasteiger partial charge >= 0.3 is 0 Å². The van der Waals surface area contributed by atoms with Gasteiger partial charge in [-0.2, -0.15) is 0 Å². The van der Waals surface area contributed by atoms with Crippen LogP contribution in [-0.4, -0.2) is 57.2 Å². The number of hydrogen-bond acceptors (Lipinski definition) is 7. The van der Waals surface area contributed by atoms with Crippen LogP contribution < -0.4 is 10.9 Å². The summed E-state index contributed by atoms with van der Waals surface area (Å²) < 4.78 is 6.62. The third-order valence-electron chi connectivity index (χ3n) is 5.54. The number of rotatable bonds is 5. The Morgan fingerprint density at radius 2 is 1.88 bits per heavy atom. The lowest BCUT2D eigenvalue weighted by Gasteiger charge is -2.34. The van der Waals surface area contributed by atoms with Gasteiger partial charge in [0.25, 0.3) is 17.4 Å². The molecule has 33 heavy (non-hydrogen) atoms. The van der Waals surface area contributed by atoms with Crippen LogP contribution in [0.3, 0.4) is 0 Å². The van der Waals surface area contributed by atoms with E-state index in [2.05, 4.69) is 15.2 Å². The van der Waals surface area contributed by atoms with Crippen LogP contribution in [0, 0.1) is 0 Å². The van der Waals surface area contributed by atoms with Gasteiger partial charge in [-0.15, -0.1) is 11.3 Å². The second-order valence-corrected chi connectivity index (χ2v) is 8.59. The lowest BCUT2D eigenvalue weighted by molar-refractivity contribution is 0.0627. The van der Waals surface area contributed by atoms with Crippen LogP contribution in [-0.2, 0) is 6.54 Å². The van der Waals surface area contributed by atoms with Crippen molar-refractivity contribution in [3.05, 3.63) is 87.7 Å². The van der Waals surface area contributed by atoms with Gasteiger partial charge in [-0.05, 0) is 36.4 Å². The minimum absolute atomic E-state index is 0.0464. The lowest BCUT2D eigenvalue weighted by Crippen LogP contribution is -2.48. The van der Waals surface area contributed by atoms with E-state index in [1.165, 1.54) is 17.6 Å². The van der Waals surface area contributed by atoms with E-state index in [1.54, 1.807) is 53.1 Å². The van der Waals surface area contributed by atoms with Crippen molar-refractivity contribution in [3.8, 4) is 0 Å². The molecule has 4 aromatic rings. The smallest absolute Gasteiger partial charge is 0.291 e. The third kappa shape index (κ3) is 4.57. The van der Waals surface area contributed by atoms with Gasteiger partial charge in [0.15, 0.2) is 10.7 Å². The predicted molar refractivity (Wildman–Crippen MR) is 124 cm³/mol. The number of benzene rings is 1. The van der Waals surface area contributed by atoms with Gasteiger partial charge in [-0.1, -0.05) is 0 Å². The molecule has 1 saturated heterocycles. The predicted octanol–water partition coefficient (Wildman–Crippen LogP) is 2.56. The zero-order valence-electron chi connectivity index (χ0n) is 17.6. The number of amides is 2. The Bertz CT molecular complexity index is 1340. The number of piperazine rings is 1. The summed E-state index contributed by atoms with van der Waals surface area (Å²) in [5, 5.41) is 4.58. The molecule has 2 amide bonds. The van der Waals surface area contributed by atoms with E-state index in [9.17, 15) is 14.4 Å². The van der Waals surface area contributed by atoms with Crippen molar-refractivity contribution in [2.24, 2.45) is 0 Å². The number of carbonyl (C=O) groups excluding carboxylic acids is 2. The zero-order chi connectivity index (χ0) is 22.8. The second-order valence-electron chi connectivity index (χ2n) is 7.72. The molecule has 1 N–H and O–H groups in total. The van der Waals surface area contributed by atoms with Crippen molar-refractivity contribution >= 4 is 33.8 Å². The summed E-state index contributed by atoms with van der Waals surface area (Å²) in [6, 6.07) is 11.6. The lowest BCUT2D eigenvalue weighted by atomic mass is 10.1. The normalized spacial score (nSPS) is 14.5. The van der Waals surface area contributed by atoms with E-state index < -0.39 is 0 Å². The van der Waals surface area contributed by atoms with Gasteiger partial charge in [0.1, 0.15) is 0 Å². The summed E-state index contributed by atoms with van der Waals surface area (Å²) >= 11 is 1.44. The summed E-state index contributed by atoms with van der Waals surface area (Å²) in [5.74, 6) is -0.163. The largest absolute Gasteiger partial charge is 0.459 e. The molecule has 4 heterocycles. The fourth-order valence-electron chi connectivity index (χ4n) is 3.79. The van der Waals surface area contributed by atoms with Crippen molar-refractivity contribution in [1.82, 2.24) is 19.2 Å². The SMILES string of the molecule is O=C(Nc1ccc(C(=O)N2CCN(Cc3cc(=O)n4ccsc4n3)CC2)cc1)c1ccco1. The Morgan fingerprint density at radius 3 is 2.61 bits per heavy atom. The summed E-state index contributed by atoms with van der Waals surface area (Å²) in [6.07, 6.45) is 3.17. The molecule has 5 rings (SSSR count). The first-order valence-electron chi connectivity index (χ1n) is 10.5. The molecular weight excluding hydrogens is 442 g/mol. The van der Waals surface area contributed by atoms with E-state index in [0.29, 0.717) is 48.9 Å².